The number of H-pyrrole nitrogens is 1. The van der Waals surface area contributed by atoms with E-state index in [-0.39, 0.29) is 18.1 Å². The molecule has 1 amide bonds. The fraction of sp³-hybridized carbons (Fsp3) is 0.583. The standard InChI is InChI=1S/C24H32ClN5O2S/c1-15(31)26-22(30-6-8-32-9-7-30)13-19-14-33-24(28-19)21-11-16-10-17(25)12-20(23(16)29-21)27-18-4-2-3-5-18/h10-12,18-19,22,27,29H,2-9,13-14H2,1H3,(H,26,31)/t19-,22?/m1/s1. The first-order valence-corrected chi connectivity index (χ1v) is 13.3. The van der Waals surface area contributed by atoms with Crippen LogP contribution >= 0.6 is 23.4 Å². The third-order valence-electron chi connectivity index (χ3n) is 6.70. The molecular formula is C24H32ClN5O2S. The zero-order chi connectivity index (χ0) is 22.8. The van der Waals surface area contributed by atoms with Gasteiger partial charge in [-0.05, 0) is 31.0 Å². The van der Waals surface area contributed by atoms with Crippen molar-refractivity contribution in [1.82, 2.24) is 15.2 Å². The topological polar surface area (TPSA) is 81.8 Å². The number of hydrogen-bond acceptors (Lipinski definition) is 6. The van der Waals surface area contributed by atoms with Crippen molar-refractivity contribution in [2.24, 2.45) is 4.99 Å². The van der Waals surface area contributed by atoms with Crippen LogP contribution in [-0.4, -0.2) is 71.1 Å². The van der Waals surface area contributed by atoms with Crippen molar-refractivity contribution < 1.29 is 9.53 Å². The predicted molar refractivity (Wildman–Crippen MR) is 137 cm³/mol. The predicted octanol–water partition coefficient (Wildman–Crippen LogP) is 4.22. The molecule has 9 heteroatoms. The van der Waals surface area contributed by atoms with Gasteiger partial charge in [-0.15, -0.1) is 11.8 Å². The minimum atomic E-state index is -0.0103. The highest BCUT2D eigenvalue weighted by Gasteiger charge is 2.29. The van der Waals surface area contributed by atoms with E-state index in [1.165, 1.54) is 25.7 Å². The van der Waals surface area contributed by atoms with Crippen LogP contribution in [0.1, 0.15) is 44.7 Å². The van der Waals surface area contributed by atoms with Crippen LogP contribution in [0.4, 0.5) is 5.69 Å². The van der Waals surface area contributed by atoms with Gasteiger partial charge in [0.05, 0.1) is 42.3 Å². The van der Waals surface area contributed by atoms with Gasteiger partial charge in [0.2, 0.25) is 5.91 Å². The number of ether oxygens (including phenoxy) is 1. The van der Waals surface area contributed by atoms with Crippen LogP contribution < -0.4 is 10.6 Å². The molecule has 1 unspecified atom stereocenters. The van der Waals surface area contributed by atoms with Gasteiger partial charge in [-0.1, -0.05) is 24.4 Å². The largest absolute Gasteiger partial charge is 0.381 e. The molecule has 3 N–H and O–H groups in total. The zero-order valence-corrected chi connectivity index (χ0v) is 20.6. The van der Waals surface area contributed by atoms with Crippen LogP contribution in [0.15, 0.2) is 23.2 Å². The van der Waals surface area contributed by atoms with Crippen LogP contribution in [0, 0.1) is 0 Å². The highest BCUT2D eigenvalue weighted by Crippen LogP contribution is 2.34. The second-order valence-corrected chi connectivity index (χ2v) is 10.7. The summed E-state index contributed by atoms with van der Waals surface area (Å²) in [5, 5.41) is 9.70. The number of rotatable bonds is 7. The van der Waals surface area contributed by atoms with Gasteiger partial charge in [-0.3, -0.25) is 14.7 Å². The van der Waals surface area contributed by atoms with Crippen molar-refractivity contribution >= 4 is 50.9 Å². The number of fused-ring (bicyclic) bond motifs is 1. The summed E-state index contributed by atoms with van der Waals surface area (Å²) in [6.45, 7) is 4.66. The molecular weight excluding hydrogens is 458 g/mol. The maximum Gasteiger partial charge on any atom is 0.218 e. The summed E-state index contributed by atoms with van der Waals surface area (Å²) < 4.78 is 5.48. The number of nitrogens with zero attached hydrogens (tertiary/aromatic N) is 2. The van der Waals surface area contributed by atoms with Gasteiger partial charge in [-0.2, -0.15) is 0 Å². The maximum atomic E-state index is 11.8. The Morgan fingerprint density at radius 2 is 2.09 bits per heavy atom. The van der Waals surface area contributed by atoms with Crippen LogP contribution in [-0.2, 0) is 9.53 Å². The Morgan fingerprint density at radius 3 is 2.85 bits per heavy atom. The molecule has 1 aliphatic carbocycles. The number of aliphatic imine (C=N–C) groups is 1. The van der Waals surface area contributed by atoms with E-state index in [0.29, 0.717) is 19.3 Å². The number of aromatic amines is 1. The average Bonchev–Trinajstić information content (AvgIpc) is 3.54. The van der Waals surface area contributed by atoms with Crippen molar-refractivity contribution in [3.63, 3.8) is 0 Å². The molecule has 1 saturated heterocycles. The Morgan fingerprint density at radius 1 is 1.30 bits per heavy atom. The lowest BCUT2D eigenvalue weighted by Crippen LogP contribution is -2.53. The van der Waals surface area contributed by atoms with Crippen molar-refractivity contribution in [2.75, 3.05) is 37.4 Å². The van der Waals surface area contributed by atoms with E-state index >= 15 is 0 Å². The second-order valence-electron chi connectivity index (χ2n) is 9.23. The molecule has 178 valence electrons. The Balaban J connectivity index is 1.33. The van der Waals surface area contributed by atoms with Crippen molar-refractivity contribution in [3.8, 4) is 0 Å². The fourth-order valence-electron chi connectivity index (χ4n) is 5.09. The number of carbonyl (C=O) groups excluding carboxylic acids is 1. The van der Waals surface area contributed by atoms with Gasteiger partial charge < -0.3 is 20.4 Å². The van der Waals surface area contributed by atoms with Crippen LogP contribution in [0.2, 0.25) is 5.02 Å². The molecule has 0 spiro atoms. The highest BCUT2D eigenvalue weighted by atomic mass is 35.5. The quantitative estimate of drug-likeness (QED) is 0.542. The highest BCUT2D eigenvalue weighted by molar-refractivity contribution is 8.14. The lowest BCUT2D eigenvalue weighted by atomic mass is 10.1. The van der Waals surface area contributed by atoms with Gasteiger partial charge in [0.1, 0.15) is 5.04 Å². The molecule has 1 saturated carbocycles. The molecule has 3 heterocycles. The second kappa shape index (κ2) is 10.3. The van der Waals surface area contributed by atoms with Gasteiger partial charge in [0.25, 0.3) is 0 Å². The summed E-state index contributed by atoms with van der Waals surface area (Å²) >= 11 is 8.22. The first kappa shape index (κ1) is 23.0. The number of anilines is 1. The molecule has 5 rings (SSSR count). The first-order valence-electron chi connectivity index (χ1n) is 11.9. The molecule has 2 aromatic rings. The summed E-state index contributed by atoms with van der Waals surface area (Å²) in [4.78, 5) is 22.8. The van der Waals surface area contributed by atoms with E-state index < -0.39 is 0 Å². The third kappa shape index (κ3) is 5.50. The SMILES string of the molecule is CC(=O)NC(C[C@@H]1CSC(c2cc3cc(Cl)cc(NC4CCCC4)c3[nH]2)=N1)N1CCOCC1. The molecule has 0 radical (unpaired) electrons. The lowest BCUT2D eigenvalue weighted by Gasteiger charge is -2.35. The summed E-state index contributed by atoms with van der Waals surface area (Å²) in [7, 11) is 0. The number of thioether (sulfide) groups is 1. The van der Waals surface area contributed by atoms with E-state index in [1.54, 1.807) is 18.7 Å². The molecule has 1 aromatic carbocycles. The minimum Gasteiger partial charge on any atom is -0.381 e. The number of hydrogen-bond donors (Lipinski definition) is 3. The Bertz CT molecular complexity index is 1030. The van der Waals surface area contributed by atoms with E-state index in [2.05, 4.69) is 26.6 Å². The normalized spacial score (nSPS) is 23.1. The zero-order valence-electron chi connectivity index (χ0n) is 19.0. The Hall–Kier alpha value is -1.74. The Kier molecular flexibility index (Phi) is 7.16. The van der Waals surface area contributed by atoms with E-state index in [9.17, 15) is 4.79 Å². The molecule has 0 bridgehead atoms. The maximum absolute atomic E-state index is 11.8. The molecule has 33 heavy (non-hydrogen) atoms. The van der Waals surface area contributed by atoms with Gasteiger partial charge >= 0.3 is 0 Å². The number of morpholine rings is 1. The number of halogens is 1. The number of benzene rings is 1. The summed E-state index contributed by atoms with van der Waals surface area (Å²) in [6.07, 6.45) is 5.79. The van der Waals surface area contributed by atoms with Crippen molar-refractivity contribution in [2.45, 2.75) is 57.3 Å². The van der Waals surface area contributed by atoms with Gasteiger partial charge in [-0.25, -0.2) is 0 Å². The minimum absolute atomic E-state index is 0.00358. The van der Waals surface area contributed by atoms with Gasteiger partial charge in [0.15, 0.2) is 0 Å². The van der Waals surface area contributed by atoms with E-state index in [0.717, 1.165) is 57.6 Å². The molecule has 7 nitrogen and oxygen atoms in total. The number of aromatic nitrogens is 1. The van der Waals surface area contributed by atoms with Crippen LogP contribution in [0.5, 0.6) is 0 Å². The smallest absolute Gasteiger partial charge is 0.218 e. The van der Waals surface area contributed by atoms with Crippen molar-refractivity contribution in [3.05, 3.63) is 28.9 Å². The lowest BCUT2D eigenvalue weighted by molar-refractivity contribution is -0.121. The van der Waals surface area contributed by atoms with Crippen LogP contribution in [0.25, 0.3) is 10.9 Å². The molecule has 1 aromatic heterocycles. The average molecular weight is 490 g/mol. The summed E-state index contributed by atoms with van der Waals surface area (Å²) in [5.74, 6) is 0.912. The third-order valence-corrected chi connectivity index (χ3v) is 8.07. The number of carbonyl (C=O) groups is 1. The Labute approximate surface area is 204 Å². The monoisotopic (exact) mass is 489 g/mol. The van der Waals surface area contributed by atoms with E-state index in [4.69, 9.17) is 21.3 Å². The van der Waals surface area contributed by atoms with E-state index in [1.807, 2.05) is 12.1 Å². The molecule has 3 aliphatic rings. The summed E-state index contributed by atoms with van der Waals surface area (Å²) in [5.41, 5.74) is 3.21. The van der Waals surface area contributed by atoms with Crippen molar-refractivity contribution in [1.29, 1.82) is 0 Å². The van der Waals surface area contributed by atoms with Gasteiger partial charge in [0, 0.05) is 48.6 Å². The molecule has 2 aliphatic heterocycles. The summed E-state index contributed by atoms with van der Waals surface area (Å²) in [6, 6.07) is 6.87. The first-order chi connectivity index (χ1) is 16.0. The number of amides is 1. The molecule has 2 fully saturated rings. The number of nitrogens with one attached hydrogen (secondary N) is 3. The fourth-order valence-corrected chi connectivity index (χ4v) is 6.37. The van der Waals surface area contributed by atoms with Crippen LogP contribution in [0.3, 0.4) is 0 Å². The molecule has 2 atom stereocenters.